The van der Waals surface area contributed by atoms with Crippen LogP contribution in [-0.2, 0) is 10.5 Å². The van der Waals surface area contributed by atoms with Crippen LogP contribution in [-0.4, -0.2) is 30.7 Å². The van der Waals surface area contributed by atoms with Crippen molar-refractivity contribution in [3.8, 4) is 5.75 Å². The molecule has 1 amide bonds. The van der Waals surface area contributed by atoms with Crippen LogP contribution in [0.2, 0.25) is 0 Å². The Kier molecular flexibility index (Phi) is 7.05. The van der Waals surface area contributed by atoms with Gasteiger partial charge in [-0.2, -0.15) is 0 Å². The number of aryl methyl sites for hydroxylation is 1. The summed E-state index contributed by atoms with van der Waals surface area (Å²) in [7, 11) is 3.15. The van der Waals surface area contributed by atoms with Crippen LogP contribution in [0.5, 0.6) is 5.75 Å². The molecule has 2 aromatic carbocycles. The van der Waals surface area contributed by atoms with Gasteiger partial charge in [0.2, 0.25) is 5.91 Å². The van der Waals surface area contributed by atoms with E-state index in [1.807, 2.05) is 25.1 Å². The fourth-order valence-corrected chi connectivity index (χ4v) is 3.81. The fraction of sp³-hybridized carbons (Fsp3) is 0.278. The number of hydrogen-bond acceptors (Lipinski definition) is 5. The molecule has 138 valence electrons. The number of ether oxygens (including phenoxy) is 1. The summed E-state index contributed by atoms with van der Waals surface area (Å²) in [5.74, 6) is 0.990. The first kappa shape index (κ1) is 20.3. The van der Waals surface area contributed by atoms with Crippen LogP contribution in [0.15, 0.2) is 40.9 Å². The number of nitrogens with zero attached hydrogens (tertiary/aromatic N) is 2. The van der Waals surface area contributed by atoms with Gasteiger partial charge in [0.15, 0.2) is 5.75 Å². The highest BCUT2D eigenvalue weighted by Gasteiger charge is 2.16. The van der Waals surface area contributed by atoms with Crippen LogP contribution in [0, 0.1) is 17.0 Å². The highest BCUT2D eigenvalue weighted by atomic mass is 79.9. The van der Waals surface area contributed by atoms with Crippen LogP contribution in [0.1, 0.15) is 11.1 Å². The number of hydrogen-bond donors (Lipinski definition) is 0. The predicted molar refractivity (Wildman–Crippen MR) is 108 cm³/mol. The minimum absolute atomic E-state index is 0.0246. The second-order valence-electron chi connectivity index (χ2n) is 5.64. The van der Waals surface area contributed by atoms with E-state index in [-0.39, 0.29) is 23.1 Å². The predicted octanol–water partition coefficient (Wildman–Crippen LogP) is 4.57. The molecule has 0 atom stereocenters. The van der Waals surface area contributed by atoms with Crippen molar-refractivity contribution < 1.29 is 14.5 Å². The van der Waals surface area contributed by atoms with Crippen molar-refractivity contribution in [1.29, 1.82) is 0 Å². The smallest absolute Gasteiger partial charge is 0.311 e. The van der Waals surface area contributed by atoms with Gasteiger partial charge < -0.3 is 9.64 Å². The highest BCUT2D eigenvalue weighted by Crippen LogP contribution is 2.29. The lowest BCUT2D eigenvalue weighted by Gasteiger charge is -2.19. The van der Waals surface area contributed by atoms with Gasteiger partial charge in [-0.3, -0.25) is 14.9 Å². The minimum atomic E-state index is -0.470. The molecule has 0 saturated heterocycles. The molecule has 0 radical (unpaired) electrons. The fourth-order valence-electron chi connectivity index (χ4n) is 2.45. The first-order chi connectivity index (χ1) is 12.3. The average molecular weight is 439 g/mol. The summed E-state index contributed by atoms with van der Waals surface area (Å²) in [4.78, 5) is 24.6. The van der Waals surface area contributed by atoms with Crippen molar-refractivity contribution in [3.05, 3.63) is 62.1 Å². The Morgan fingerprint density at radius 1 is 1.31 bits per heavy atom. The van der Waals surface area contributed by atoms with E-state index in [0.717, 1.165) is 21.3 Å². The first-order valence-electron chi connectivity index (χ1n) is 7.75. The standard InChI is InChI=1S/C18H19BrN2O4S/c1-12-8-14(19)5-6-15(12)20(2)18(22)11-26-10-13-4-7-17(25-3)16(9-13)21(23)24/h4-9H,10-11H2,1-3H3. The van der Waals surface area contributed by atoms with Crippen LogP contribution in [0.25, 0.3) is 0 Å². The molecule has 0 aliphatic heterocycles. The van der Waals surface area contributed by atoms with Crippen molar-refractivity contribution in [1.82, 2.24) is 0 Å². The number of halogens is 1. The van der Waals surface area contributed by atoms with Crippen LogP contribution >= 0.6 is 27.7 Å². The van der Waals surface area contributed by atoms with Gasteiger partial charge in [0.1, 0.15) is 0 Å². The maximum absolute atomic E-state index is 12.4. The Morgan fingerprint density at radius 2 is 2.04 bits per heavy atom. The van der Waals surface area contributed by atoms with E-state index in [0.29, 0.717) is 5.75 Å². The molecule has 0 aliphatic carbocycles. The first-order valence-corrected chi connectivity index (χ1v) is 9.70. The molecule has 6 nitrogen and oxygen atoms in total. The third-order valence-electron chi connectivity index (χ3n) is 3.83. The molecule has 0 spiro atoms. The third-order valence-corrected chi connectivity index (χ3v) is 5.31. The Morgan fingerprint density at radius 3 is 2.65 bits per heavy atom. The zero-order chi connectivity index (χ0) is 19.3. The van der Waals surface area contributed by atoms with Gasteiger partial charge in [0.05, 0.1) is 17.8 Å². The summed E-state index contributed by atoms with van der Waals surface area (Å²) in [6.45, 7) is 1.95. The van der Waals surface area contributed by atoms with Crippen molar-refractivity contribution in [2.24, 2.45) is 0 Å². The molecule has 0 saturated carbocycles. The second kappa shape index (κ2) is 9.05. The summed E-state index contributed by atoms with van der Waals surface area (Å²) in [6, 6.07) is 10.6. The number of anilines is 1. The average Bonchev–Trinajstić information content (AvgIpc) is 2.60. The van der Waals surface area contributed by atoms with Gasteiger partial charge in [-0.1, -0.05) is 22.0 Å². The number of nitro groups is 1. The third kappa shape index (κ3) is 4.98. The lowest BCUT2D eigenvalue weighted by molar-refractivity contribution is -0.385. The molecule has 0 fully saturated rings. The molecule has 2 rings (SSSR count). The van der Waals surface area contributed by atoms with E-state index in [1.165, 1.54) is 24.9 Å². The maximum atomic E-state index is 12.4. The van der Waals surface area contributed by atoms with Crippen LogP contribution in [0.3, 0.4) is 0 Å². The molecule has 26 heavy (non-hydrogen) atoms. The van der Waals surface area contributed by atoms with Crippen LogP contribution < -0.4 is 9.64 Å². The van der Waals surface area contributed by atoms with Gasteiger partial charge in [-0.25, -0.2) is 0 Å². The SMILES string of the molecule is COc1ccc(CSCC(=O)N(C)c2ccc(Br)cc2C)cc1[N+](=O)[O-]. The summed E-state index contributed by atoms with van der Waals surface area (Å²) in [5.41, 5.74) is 2.57. The minimum Gasteiger partial charge on any atom is -0.490 e. The van der Waals surface area contributed by atoms with Crippen molar-refractivity contribution in [3.63, 3.8) is 0 Å². The maximum Gasteiger partial charge on any atom is 0.311 e. The van der Waals surface area contributed by atoms with Crippen molar-refractivity contribution in [2.75, 3.05) is 24.8 Å². The van der Waals surface area contributed by atoms with Gasteiger partial charge in [0.25, 0.3) is 0 Å². The Hall–Kier alpha value is -2.06. The topological polar surface area (TPSA) is 72.7 Å². The van der Waals surface area contributed by atoms with Gasteiger partial charge >= 0.3 is 5.69 Å². The largest absolute Gasteiger partial charge is 0.490 e. The van der Waals surface area contributed by atoms with E-state index in [2.05, 4.69) is 15.9 Å². The van der Waals surface area contributed by atoms with E-state index < -0.39 is 4.92 Å². The lowest BCUT2D eigenvalue weighted by atomic mass is 10.2. The summed E-state index contributed by atoms with van der Waals surface area (Å²) in [5, 5.41) is 11.1. The molecular weight excluding hydrogens is 420 g/mol. The summed E-state index contributed by atoms with van der Waals surface area (Å²) in [6.07, 6.45) is 0. The molecule has 2 aromatic rings. The Bertz CT molecular complexity index is 829. The van der Waals surface area contributed by atoms with Crippen LogP contribution in [0.4, 0.5) is 11.4 Å². The second-order valence-corrected chi connectivity index (χ2v) is 7.54. The normalized spacial score (nSPS) is 10.5. The molecule has 8 heteroatoms. The number of methoxy groups -OCH3 is 1. The Balaban J connectivity index is 1.97. The molecule has 0 aromatic heterocycles. The molecule has 0 bridgehead atoms. The molecule has 0 heterocycles. The number of rotatable bonds is 7. The molecule has 0 unspecified atom stereocenters. The summed E-state index contributed by atoms with van der Waals surface area (Å²) >= 11 is 4.83. The van der Waals surface area contributed by atoms with Gasteiger partial charge in [-0.05, 0) is 42.3 Å². The number of thioether (sulfide) groups is 1. The van der Waals surface area contributed by atoms with Gasteiger partial charge in [0, 0.05) is 29.0 Å². The lowest BCUT2D eigenvalue weighted by Crippen LogP contribution is -2.28. The summed E-state index contributed by atoms with van der Waals surface area (Å²) < 4.78 is 5.96. The van der Waals surface area contributed by atoms with Crippen molar-refractivity contribution in [2.45, 2.75) is 12.7 Å². The molecule has 0 aliphatic rings. The van der Waals surface area contributed by atoms with Crippen molar-refractivity contribution >= 4 is 45.0 Å². The van der Waals surface area contributed by atoms with E-state index >= 15 is 0 Å². The van der Waals surface area contributed by atoms with E-state index in [4.69, 9.17) is 4.74 Å². The van der Waals surface area contributed by atoms with Gasteiger partial charge in [-0.15, -0.1) is 11.8 Å². The van der Waals surface area contributed by atoms with E-state index in [9.17, 15) is 14.9 Å². The quantitative estimate of drug-likeness (QED) is 0.467. The van der Waals surface area contributed by atoms with E-state index in [1.54, 1.807) is 24.1 Å². The number of carbonyl (C=O) groups excluding carboxylic acids is 1. The number of benzene rings is 2. The molecule has 0 N–H and O–H groups in total. The zero-order valence-electron chi connectivity index (χ0n) is 14.7. The number of carbonyl (C=O) groups is 1. The molecular formula is C18H19BrN2O4S. The zero-order valence-corrected chi connectivity index (χ0v) is 17.1. The number of nitro benzene ring substituents is 1. The Labute approximate surface area is 164 Å². The highest BCUT2D eigenvalue weighted by molar-refractivity contribution is 9.10. The number of amides is 1. The monoisotopic (exact) mass is 438 g/mol.